The Morgan fingerprint density at radius 1 is 1.19 bits per heavy atom. The van der Waals surface area contributed by atoms with Crippen LogP contribution >= 0.6 is 23.2 Å². The zero-order chi connectivity index (χ0) is 22.6. The molecular weight excluding hydrogens is 459 g/mol. The average molecular weight is 485 g/mol. The number of hydrogen-bond acceptors (Lipinski definition) is 4. The standard InChI is InChI=1S/C22H26Cl2N2O4S/c1-15(17-8-3-4-11-21(17)30-2)25-22(27)16-7-6-12-26(13-16)31(28,29)14-18-19(23)9-5-10-20(18)24/h3-5,8-11,15-16H,6-7,12-14H2,1-2H3,(H,25,27)/t15-,16+/m1/s1. The molecule has 3 rings (SSSR count). The lowest BCUT2D eigenvalue weighted by Gasteiger charge is -2.32. The van der Waals surface area contributed by atoms with Gasteiger partial charge in [-0.05, 0) is 38.0 Å². The van der Waals surface area contributed by atoms with Gasteiger partial charge < -0.3 is 10.1 Å². The minimum absolute atomic E-state index is 0.134. The van der Waals surface area contributed by atoms with Crippen LogP contribution in [0.15, 0.2) is 42.5 Å². The monoisotopic (exact) mass is 484 g/mol. The van der Waals surface area contributed by atoms with E-state index in [0.29, 0.717) is 40.7 Å². The van der Waals surface area contributed by atoms with Gasteiger partial charge in [-0.15, -0.1) is 0 Å². The lowest BCUT2D eigenvalue weighted by molar-refractivity contribution is -0.126. The number of nitrogens with zero attached hydrogens (tertiary/aromatic N) is 1. The molecule has 1 amide bonds. The number of halogens is 2. The molecule has 2 atom stereocenters. The number of amides is 1. The molecule has 0 radical (unpaired) electrons. The highest BCUT2D eigenvalue weighted by Crippen LogP contribution is 2.30. The summed E-state index contributed by atoms with van der Waals surface area (Å²) >= 11 is 12.3. The van der Waals surface area contributed by atoms with Crippen LogP contribution in [0.4, 0.5) is 0 Å². The van der Waals surface area contributed by atoms with E-state index in [4.69, 9.17) is 27.9 Å². The van der Waals surface area contributed by atoms with Crippen LogP contribution in [0, 0.1) is 5.92 Å². The Bertz CT molecular complexity index is 1030. The van der Waals surface area contributed by atoms with Crippen molar-refractivity contribution in [1.29, 1.82) is 0 Å². The van der Waals surface area contributed by atoms with E-state index in [1.165, 1.54) is 4.31 Å². The molecule has 0 unspecified atom stereocenters. The van der Waals surface area contributed by atoms with E-state index in [9.17, 15) is 13.2 Å². The summed E-state index contributed by atoms with van der Waals surface area (Å²) in [5.41, 5.74) is 1.24. The van der Waals surface area contributed by atoms with Crippen LogP contribution in [0.1, 0.15) is 36.9 Å². The molecule has 1 heterocycles. The molecule has 2 aromatic rings. The highest BCUT2D eigenvalue weighted by Gasteiger charge is 2.33. The van der Waals surface area contributed by atoms with E-state index >= 15 is 0 Å². The molecule has 0 aliphatic carbocycles. The predicted molar refractivity (Wildman–Crippen MR) is 123 cm³/mol. The molecule has 0 aromatic heterocycles. The minimum Gasteiger partial charge on any atom is -0.496 e. The average Bonchev–Trinajstić information content (AvgIpc) is 2.76. The lowest BCUT2D eigenvalue weighted by atomic mass is 9.97. The first-order valence-electron chi connectivity index (χ1n) is 10.1. The van der Waals surface area contributed by atoms with Gasteiger partial charge in [-0.2, -0.15) is 0 Å². The van der Waals surface area contributed by atoms with Crippen LogP contribution in [0.2, 0.25) is 10.0 Å². The number of para-hydroxylation sites is 1. The normalized spacial score (nSPS) is 18.4. The summed E-state index contributed by atoms with van der Waals surface area (Å²) in [6, 6.07) is 12.1. The van der Waals surface area contributed by atoms with Crippen molar-refractivity contribution in [2.75, 3.05) is 20.2 Å². The summed E-state index contributed by atoms with van der Waals surface area (Å²) in [6.45, 7) is 2.39. The van der Waals surface area contributed by atoms with E-state index in [-0.39, 0.29) is 24.2 Å². The van der Waals surface area contributed by atoms with Crippen LogP contribution in [0.3, 0.4) is 0 Å². The summed E-state index contributed by atoms with van der Waals surface area (Å²) in [5.74, 6) is -0.200. The first-order valence-corrected chi connectivity index (χ1v) is 12.4. The van der Waals surface area contributed by atoms with Crippen molar-refractivity contribution < 1.29 is 17.9 Å². The van der Waals surface area contributed by atoms with Crippen molar-refractivity contribution in [2.24, 2.45) is 5.92 Å². The van der Waals surface area contributed by atoms with Crippen molar-refractivity contribution in [3.8, 4) is 5.75 Å². The van der Waals surface area contributed by atoms with Crippen molar-refractivity contribution in [1.82, 2.24) is 9.62 Å². The van der Waals surface area contributed by atoms with E-state index in [2.05, 4.69) is 5.32 Å². The van der Waals surface area contributed by atoms with Crippen molar-refractivity contribution in [3.63, 3.8) is 0 Å². The van der Waals surface area contributed by atoms with Crippen molar-refractivity contribution >= 4 is 39.1 Å². The molecule has 1 aliphatic rings. The zero-order valence-electron chi connectivity index (χ0n) is 17.5. The number of rotatable bonds is 7. The highest BCUT2D eigenvalue weighted by atomic mass is 35.5. The third-order valence-corrected chi connectivity index (χ3v) is 7.98. The Morgan fingerprint density at radius 3 is 2.55 bits per heavy atom. The Morgan fingerprint density at radius 2 is 1.87 bits per heavy atom. The number of ether oxygens (including phenoxy) is 1. The third kappa shape index (κ3) is 5.71. The number of piperidine rings is 1. The molecular formula is C22H26Cl2N2O4S. The highest BCUT2D eigenvalue weighted by molar-refractivity contribution is 7.88. The number of carbonyl (C=O) groups excluding carboxylic acids is 1. The second-order valence-corrected chi connectivity index (χ2v) is 10.4. The Labute approximate surface area is 193 Å². The maximum absolute atomic E-state index is 13.0. The van der Waals surface area contributed by atoms with Crippen LogP contribution in [0.25, 0.3) is 0 Å². The van der Waals surface area contributed by atoms with Gasteiger partial charge in [-0.3, -0.25) is 4.79 Å². The SMILES string of the molecule is COc1ccccc1[C@@H](C)NC(=O)[C@H]1CCCN(S(=O)(=O)Cc2c(Cl)cccc2Cl)C1. The Hall–Kier alpha value is -1.80. The fourth-order valence-corrected chi connectivity index (χ4v) is 6.15. The lowest BCUT2D eigenvalue weighted by Crippen LogP contribution is -2.46. The number of hydrogen-bond donors (Lipinski definition) is 1. The summed E-state index contributed by atoms with van der Waals surface area (Å²) in [4.78, 5) is 12.9. The molecule has 0 spiro atoms. The fraction of sp³-hybridized carbons (Fsp3) is 0.409. The second kappa shape index (κ2) is 10.2. The van der Waals surface area contributed by atoms with Gasteiger partial charge in [0.25, 0.3) is 0 Å². The van der Waals surface area contributed by atoms with E-state index in [0.717, 1.165) is 5.56 Å². The van der Waals surface area contributed by atoms with Crippen LogP contribution in [-0.4, -0.2) is 38.8 Å². The largest absolute Gasteiger partial charge is 0.496 e. The summed E-state index contributed by atoms with van der Waals surface area (Å²) < 4.78 is 32.8. The maximum atomic E-state index is 13.0. The van der Waals surface area contributed by atoms with E-state index < -0.39 is 15.9 Å². The zero-order valence-corrected chi connectivity index (χ0v) is 19.8. The van der Waals surface area contributed by atoms with E-state index in [1.54, 1.807) is 25.3 Å². The molecule has 168 valence electrons. The van der Waals surface area contributed by atoms with Crippen LogP contribution in [-0.2, 0) is 20.6 Å². The van der Waals surface area contributed by atoms with Crippen molar-refractivity contribution in [2.45, 2.75) is 31.6 Å². The predicted octanol–water partition coefficient (Wildman–Crippen LogP) is 4.42. The van der Waals surface area contributed by atoms with Gasteiger partial charge in [0.05, 0.1) is 24.8 Å². The maximum Gasteiger partial charge on any atom is 0.224 e. The Kier molecular flexibility index (Phi) is 7.86. The topological polar surface area (TPSA) is 75.7 Å². The molecule has 0 bridgehead atoms. The molecule has 1 fully saturated rings. The van der Waals surface area contributed by atoms with Gasteiger partial charge >= 0.3 is 0 Å². The number of nitrogens with one attached hydrogen (secondary N) is 1. The number of carbonyl (C=O) groups is 1. The minimum atomic E-state index is -3.67. The van der Waals surface area contributed by atoms with Gasteiger partial charge in [0.1, 0.15) is 5.75 Å². The molecule has 1 aliphatic heterocycles. The molecule has 1 saturated heterocycles. The smallest absolute Gasteiger partial charge is 0.224 e. The van der Waals surface area contributed by atoms with Gasteiger partial charge in [-0.25, -0.2) is 12.7 Å². The molecule has 9 heteroatoms. The summed E-state index contributed by atoms with van der Waals surface area (Å²) in [7, 11) is -2.09. The molecule has 31 heavy (non-hydrogen) atoms. The fourth-order valence-electron chi connectivity index (χ4n) is 3.79. The summed E-state index contributed by atoms with van der Waals surface area (Å²) in [6.07, 6.45) is 1.24. The van der Waals surface area contributed by atoms with Gasteiger partial charge in [0, 0.05) is 34.3 Å². The van der Waals surface area contributed by atoms with Crippen LogP contribution in [0.5, 0.6) is 5.75 Å². The van der Waals surface area contributed by atoms with Crippen LogP contribution < -0.4 is 10.1 Å². The van der Waals surface area contributed by atoms with Gasteiger partial charge in [0.2, 0.25) is 15.9 Å². The van der Waals surface area contributed by atoms with E-state index in [1.807, 2.05) is 31.2 Å². The Balaban J connectivity index is 1.68. The quantitative estimate of drug-likeness (QED) is 0.630. The molecule has 6 nitrogen and oxygen atoms in total. The molecule has 2 aromatic carbocycles. The molecule has 1 N–H and O–H groups in total. The first kappa shape index (κ1) is 23.9. The number of methoxy groups -OCH3 is 1. The first-order chi connectivity index (χ1) is 14.7. The second-order valence-electron chi connectivity index (χ2n) is 7.63. The third-order valence-electron chi connectivity index (χ3n) is 5.50. The van der Waals surface area contributed by atoms with Crippen molar-refractivity contribution in [3.05, 3.63) is 63.6 Å². The number of benzene rings is 2. The van der Waals surface area contributed by atoms with Gasteiger partial charge in [-0.1, -0.05) is 47.5 Å². The number of sulfonamides is 1. The van der Waals surface area contributed by atoms with Gasteiger partial charge in [0.15, 0.2) is 0 Å². The summed E-state index contributed by atoms with van der Waals surface area (Å²) in [5, 5.41) is 3.62. The molecule has 0 saturated carbocycles.